The van der Waals surface area contributed by atoms with Crippen molar-refractivity contribution in [2.75, 3.05) is 14.1 Å². The van der Waals surface area contributed by atoms with Crippen LogP contribution in [0.3, 0.4) is 0 Å². The van der Waals surface area contributed by atoms with E-state index in [2.05, 4.69) is 0 Å². The van der Waals surface area contributed by atoms with Gasteiger partial charge in [0.15, 0.2) is 0 Å². The van der Waals surface area contributed by atoms with Gasteiger partial charge in [-0.15, -0.1) is 0 Å². The quantitative estimate of drug-likeness (QED) is 0.731. The number of hydrazine groups is 1. The molecule has 0 unspecified atom stereocenters. The lowest BCUT2D eigenvalue weighted by atomic mass is 10.1. The second-order valence-electron chi connectivity index (χ2n) is 3.55. The van der Waals surface area contributed by atoms with Crippen molar-refractivity contribution in [3.8, 4) is 0 Å². The Kier molecular flexibility index (Phi) is 2.00. The number of hydrogen-bond donors (Lipinski definition) is 1. The zero-order valence-electron chi connectivity index (χ0n) is 8.21. The molecule has 0 aromatic heterocycles. The summed E-state index contributed by atoms with van der Waals surface area (Å²) in [4.78, 5) is 0. The van der Waals surface area contributed by atoms with Gasteiger partial charge < -0.3 is 0 Å². The monoisotopic (exact) mass is 193 g/mol. The minimum atomic E-state index is -0.283. The first-order chi connectivity index (χ1) is 6.59. The van der Waals surface area contributed by atoms with Crippen molar-refractivity contribution in [2.24, 2.45) is 0 Å². The fourth-order valence-corrected chi connectivity index (χ4v) is 1.63. The maximum absolute atomic E-state index is 12.9. The van der Waals surface area contributed by atoms with Gasteiger partial charge in [0, 0.05) is 19.7 Å². The molecule has 4 heteroatoms. The summed E-state index contributed by atoms with van der Waals surface area (Å²) in [5.74, 6) is 0.0820. The van der Waals surface area contributed by atoms with E-state index in [1.807, 2.05) is 19.1 Å². The highest BCUT2D eigenvalue weighted by molar-refractivity contribution is 5.99. The number of nitrogens with zero attached hydrogens (tertiary/aromatic N) is 2. The van der Waals surface area contributed by atoms with Gasteiger partial charge in [-0.05, 0) is 17.7 Å². The molecule has 0 fully saturated rings. The van der Waals surface area contributed by atoms with E-state index in [4.69, 9.17) is 5.41 Å². The maximum atomic E-state index is 12.9. The second-order valence-corrected chi connectivity index (χ2v) is 3.55. The number of amidine groups is 1. The standard InChI is InChI=1S/C10H12FN3/c1-13(2)14-6-7-3-4-8(11)5-9(7)10(14)12/h3-5,12H,6H2,1-2H3. The third-order valence-corrected chi connectivity index (χ3v) is 2.39. The fourth-order valence-electron chi connectivity index (χ4n) is 1.63. The molecule has 1 aromatic carbocycles. The molecule has 0 amide bonds. The first-order valence-corrected chi connectivity index (χ1v) is 4.41. The van der Waals surface area contributed by atoms with Crippen molar-refractivity contribution in [1.29, 1.82) is 5.41 Å². The summed E-state index contributed by atoms with van der Waals surface area (Å²) in [6.45, 7) is 0.654. The molecule has 0 aliphatic carbocycles. The highest BCUT2D eigenvalue weighted by Gasteiger charge is 2.25. The van der Waals surface area contributed by atoms with E-state index in [-0.39, 0.29) is 5.82 Å². The van der Waals surface area contributed by atoms with Crippen LogP contribution in [0.2, 0.25) is 0 Å². The number of hydrogen-bond acceptors (Lipinski definition) is 2. The molecule has 0 saturated heterocycles. The van der Waals surface area contributed by atoms with Crippen molar-refractivity contribution in [2.45, 2.75) is 6.54 Å². The van der Waals surface area contributed by atoms with Gasteiger partial charge in [-0.3, -0.25) is 10.4 Å². The van der Waals surface area contributed by atoms with E-state index >= 15 is 0 Å². The molecule has 1 aliphatic rings. The Hall–Kier alpha value is -1.42. The third kappa shape index (κ3) is 1.28. The van der Waals surface area contributed by atoms with Crippen LogP contribution in [0.4, 0.5) is 4.39 Å². The van der Waals surface area contributed by atoms with Crippen LogP contribution >= 0.6 is 0 Å². The molecule has 0 saturated carbocycles. The Morgan fingerprint density at radius 2 is 2.14 bits per heavy atom. The molecule has 3 nitrogen and oxygen atoms in total. The van der Waals surface area contributed by atoms with Gasteiger partial charge in [0.1, 0.15) is 11.7 Å². The lowest BCUT2D eigenvalue weighted by molar-refractivity contribution is 0.109. The first-order valence-electron chi connectivity index (χ1n) is 4.41. The molecule has 1 aromatic rings. The summed E-state index contributed by atoms with van der Waals surface area (Å²) in [6.07, 6.45) is 0. The number of halogens is 1. The van der Waals surface area contributed by atoms with Crippen LogP contribution in [-0.4, -0.2) is 29.9 Å². The van der Waals surface area contributed by atoms with Gasteiger partial charge in [0.05, 0.1) is 6.54 Å². The van der Waals surface area contributed by atoms with Crippen LogP contribution in [0, 0.1) is 11.2 Å². The van der Waals surface area contributed by atoms with E-state index in [1.165, 1.54) is 12.1 Å². The van der Waals surface area contributed by atoms with E-state index in [9.17, 15) is 4.39 Å². The van der Waals surface area contributed by atoms with Gasteiger partial charge in [-0.2, -0.15) is 0 Å². The van der Waals surface area contributed by atoms with Crippen LogP contribution in [0.1, 0.15) is 11.1 Å². The zero-order valence-corrected chi connectivity index (χ0v) is 8.21. The van der Waals surface area contributed by atoms with Crippen molar-refractivity contribution in [3.63, 3.8) is 0 Å². The summed E-state index contributed by atoms with van der Waals surface area (Å²) in [5, 5.41) is 11.5. The minimum Gasteiger partial charge on any atom is -0.285 e. The van der Waals surface area contributed by atoms with Gasteiger partial charge >= 0.3 is 0 Å². The number of fused-ring (bicyclic) bond motifs is 1. The first kappa shape index (κ1) is 9.15. The average Bonchev–Trinajstić information content (AvgIpc) is 2.44. The largest absolute Gasteiger partial charge is 0.285 e. The Bertz CT molecular complexity index is 387. The average molecular weight is 193 g/mol. The normalized spacial score (nSPS) is 15.1. The molecule has 2 rings (SSSR count). The van der Waals surface area contributed by atoms with Crippen LogP contribution < -0.4 is 0 Å². The highest BCUT2D eigenvalue weighted by Crippen LogP contribution is 2.23. The molecule has 74 valence electrons. The maximum Gasteiger partial charge on any atom is 0.143 e. The number of nitrogens with one attached hydrogen (secondary N) is 1. The minimum absolute atomic E-state index is 0.283. The Morgan fingerprint density at radius 1 is 1.43 bits per heavy atom. The molecule has 0 radical (unpaired) electrons. The number of benzene rings is 1. The number of rotatable bonds is 1. The van der Waals surface area contributed by atoms with Gasteiger partial charge in [-0.25, -0.2) is 9.40 Å². The van der Waals surface area contributed by atoms with Gasteiger partial charge in [0.2, 0.25) is 0 Å². The molecular weight excluding hydrogens is 181 g/mol. The van der Waals surface area contributed by atoms with Crippen LogP contribution in [-0.2, 0) is 6.54 Å². The van der Waals surface area contributed by atoms with Crippen LogP contribution in [0.15, 0.2) is 18.2 Å². The van der Waals surface area contributed by atoms with Crippen molar-refractivity contribution < 1.29 is 4.39 Å². The summed E-state index contributed by atoms with van der Waals surface area (Å²) in [5.41, 5.74) is 1.70. The lowest BCUT2D eigenvalue weighted by Crippen LogP contribution is -2.36. The lowest BCUT2D eigenvalue weighted by Gasteiger charge is -2.25. The predicted octanol–water partition coefficient (Wildman–Crippen LogP) is 1.44. The van der Waals surface area contributed by atoms with Crippen molar-refractivity contribution >= 4 is 5.84 Å². The molecule has 1 aliphatic heterocycles. The van der Waals surface area contributed by atoms with Gasteiger partial charge in [0.25, 0.3) is 0 Å². The Morgan fingerprint density at radius 3 is 2.79 bits per heavy atom. The predicted molar refractivity (Wildman–Crippen MR) is 52.5 cm³/mol. The van der Waals surface area contributed by atoms with E-state index < -0.39 is 0 Å². The van der Waals surface area contributed by atoms with Crippen molar-refractivity contribution in [1.82, 2.24) is 10.0 Å². The van der Waals surface area contributed by atoms with Crippen molar-refractivity contribution in [3.05, 3.63) is 35.1 Å². The molecule has 1 N–H and O–H groups in total. The highest BCUT2D eigenvalue weighted by atomic mass is 19.1. The van der Waals surface area contributed by atoms with E-state index in [1.54, 1.807) is 11.1 Å². The molecular formula is C10H12FN3. The van der Waals surface area contributed by atoms with Crippen LogP contribution in [0.25, 0.3) is 0 Å². The summed E-state index contributed by atoms with van der Waals surface area (Å²) < 4.78 is 12.9. The summed E-state index contributed by atoms with van der Waals surface area (Å²) >= 11 is 0. The Labute approximate surface area is 82.2 Å². The van der Waals surface area contributed by atoms with Gasteiger partial charge in [-0.1, -0.05) is 6.07 Å². The molecule has 0 atom stereocenters. The molecule has 1 heterocycles. The SMILES string of the molecule is CN(C)N1Cc2ccc(F)cc2C1=N. The summed E-state index contributed by atoms with van der Waals surface area (Å²) in [7, 11) is 3.74. The van der Waals surface area contributed by atoms with E-state index in [0.29, 0.717) is 17.9 Å². The third-order valence-electron chi connectivity index (χ3n) is 2.39. The second kappa shape index (κ2) is 3.06. The topological polar surface area (TPSA) is 30.3 Å². The fraction of sp³-hybridized carbons (Fsp3) is 0.300. The Balaban J connectivity index is 2.41. The molecule has 0 bridgehead atoms. The smallest absolute Gasteiger partial charge is 0.143 e. The molecule has 14 heavy (non-hydrogen) atoms. The van der Waals surface area contributed by atoms with Crippen LogP contribution in [0.5, 0.6) is 0 Å². The zero-order chi connectivity index (χ0) is 10.3. The van der Waals surface area contributed by atoms with E-state index in [0.717, 1.165) is 5.56 Å². The summed E-state index contributed by atoms with van der Waals surface area (Å²) in [6, 6.07) is 4.59. The molecule has 0 spiro atoms.